The number of H-pyrrole nitrogens is 1. The molecule has 0 aliphatic heterocycles. The highest BCUT2D eigenvalue weighted by atomic mass is 16.5. The Bertz CT molecular complexity index is 543. The average molecular weight is 259 g/mol. The van der Waals surface area contributed by atoms with Gasteiger partial charge >= 0.3 is 5.97 Å². The number of ether oxygens (including phenoxy) is 1. The van der Waals surface area contributed by atoms with Crippen molar-refractivity contribution in [2.45, 2.75) is 19.8 Å². The highest BCUT2D eigenvalue weighted by Crippen LogP contribution is 2.25. The summed E-state index contributed by atoms with van der Waals surface area (Å²) in [5.74, 6) is -0.145. The molecule has 0 unspecified atom stereocenters. The molecule has 4 nitrogen and oxygen atoms in total. The van der Waals surface area contributed by atoms with Crippen molar-refractivity contribution in [3.63, 3.8) is 0 Å². The summed E-state index contributed by atoms with van der Waals surface area (Å²) in [7, 11) is 0. The van der Waals surface area contributed by atoms with Crippen LogP contribution in [0.25, 0.3) is 11.1 Å². The Morgan fingerprint density at radius 1 is 1.26 bits per heavy atom. The van der Waals surface area contributed by atoms with E-state index in [1.165, 1.54) is 0 Å². The van der Waals surface area contributed by atoms with E-state index in [0.29, 0.717) is 12.2 Å². The zero-order valence-corrected chi connectivity index (χ0v) is 10.8. The number of benzene rings is 1. The normalized spacial score (nSPS) is 10.4. The number of carboxylic acid groups (broad SMARTS) is 1. The number of nitrogens with one attached hydrogen (secondary N) is 1. The van der Waals surface area contributed by atoms with Crippen LogP contribution in [0.15, 0.2) is 36.5 Å². The van der Waals surface area contributed by atoms with Gasteiger partial charge < -0.3 is 14.8 Å². The van der Waals surface area contributed by atoms with E-state index in [4.69, 9.17) is 9.84 Å². The fourth-order valence-electron chi connectivity index (χ4n) is 1.85. The summed E-state index contributed by atoms with van der Waals surface area (Å²) in [5.41, 5.74) is 1.76. The molecule has 0 bridgehead atoms. The fourth-order valence-corrected chi connectivity index (χ4v) is 1.85. The second-order valence-electron chi connectivity index (χ2n) is 4.30. The van der Waals surface area contributed by atoms with Crippen LogP contribution in [0.1, 0.15) is 30.3 Å². The monoisotopic (exact) mass is 259 g/mol. The first-order chi connectivity index (χ1) is 9.22. The van der Waals surface area contributed by atoms with Gasteiger partial charge in [-0.2, -0.15) is 0 Å². The lowest BCUT2D eigenvalue weighted by molar-refractivity contribution is 0.0692. The first-order valence-electron chi connectivity index (χ1n) is 6.36. The van der Waals surface area contributed by atoms with Crippen LogP contribution >= 0.6 is 0 Å². The number of rotatable bonds is 6. The van der Waals surface area contributed by atoms with Crippen LogP contribution in [-0.4, -0.2) is 22.7 Å². The lowest BCUT2D eigenvalue weighted by Gasteiger charge is -2.06. The van der Waals surface area contributed by atoms with E-state index in [1.807, 2.05) is 24.3 Å². The Kier molecular flexibility index (Phi) is 4.23. The highest BCUT2D eigenvalue weighted by Gasteiger charge is 2.12. The second kappa shape index (κ2) is 6.09. The first kappa shape index (κ1) is 13.2. The van der Waals surface area contributed by atoms with Crippen molar-refractivity contribution in [1.82, 2.24) is 4.98 Å². The fraction of sp³-hybridized carbons (Fsp3) is 0.267. The van der Waals surface area contributed by atoms with Crippen molar-refractivity contribution in [2.24, 2.45) is 0 Å². The number of aromatic carboxylic acids is 1. The van der Waals surface area contributed by atoms with Gasteiger partial charge in [-0.3, -0.25) is 0 Å². The van der Waals surface area contributed by atoms with Gasteiger partial charge in [-0.1, -0.05) is 25.5 Å². The summed E-state index contributed by atoms with van der Waals surface area (Å²) in [4.78, 5) is 13.8. The van der Waals surface area contributed by atoms with Gasteiger partial charge in [0, 0.05) is 11.8 Å². The minimum atomic E-state index is -0.955. The minimum Gasteiger partial charge on any atom is -0.494 e. The van der Waals surface area contributed by atoms with Crippen LogP contribution < -0.4 is 4.74 Å². The quantitative estimate of drug-likeness (QED) is 0.780. The maximum absolute atomic E-state index is 11.0. The zero-order chi connectivity index (χ0) is 13.7. The summed E-state index contributed by atoms with van der Waals surface area (Å²) in [5, 5.41) is 9.06. The number of hydrogen-bond acceptors (Lipinski definition) is 2. The third-order valence-corrected chi connectivity index (χ3v) is 2.89. The number of carboxylic acids is 1. The molecule has 2 rings (SSSR count). The van der Waals surface area contributed by atoms with E-state index in [-0.39, 0.29) is 5.69 Å². The smallest absolute Gasteiger partial charge is 0.352 e. The molecule has 1 aromatic carbocycles. The maximum Gasteiger partial charge on any atom is 0.352 e. The molecule has 2 aromatic rings. The van der Waals surface area contributed by atoms with Gasteiger partial charge in [0.25, 0.3) is 0 Å². The van der Waals surface area contributed by atoms with Gasteiger partial charge in [-0.05, 0) is 30.2 Å². The summed E-state index contributed by atoms with van der Waals surface area (Å²) < 4.78 is 5.57. The van der Waals surface area contributed by atoms with Gasteiger partial charge in [0.15, 0.2) is 0 Å². The number of carbonyl (C=O) groups is 1. The molecule has 2 N–H and O–H groups in total. The van der Waals surface area contributed by atoms with Crippen molar-refractivity contribution in [1.29, 1.82) is 0 Å². The SMILES string of the molecule is CCCCOc1ccc(-c2cc[nH]c2C(=O)O)cc1. The van der Waals surface area contributed by atoms with E-state index in [2.05, 4.69) is 11.9 Å². The molecule has 0 amide bonds. The Labute approximate surface area is 112 Å². The van der Waals surface area contributed by atoms with E-state index in [0.717, 1.165) is 24.2 Å². The number of unbranched alkanes of at least 4 members (excludes halogenated alkanes) is 1. The Morgan fingerprint density at radius 3 is 2.63 bits per heavy atom. The van der Waals surface area contributed by atoms with E-state index in [9.17, 15) is 4.79 Å². The summed E-state index contributed by atoms with van der Waals surface area (Å²) >= 11 is 0. The maximum atomic E-state index is 11.0. The summed E-state index contributed by atoms with van der Waals surface area (Å²) in [6, 6.07) is 9.23. The highest BCUT2D eigenvalue weighted by molar-refractivity contribution is 5.94. The van der Waals surface area contributed by atoms with Crippen molar-refractivity contribution >= 4 is 5.97 Å². The lowest BCUT2D eigenvalue weighted by Crippen LogP contribution is -1.99. The predicted molar refractivity (Wildman–Crippen MR) is 73.6 cm³/mol. The van der Waals surface area contributed by atoms with Gasteiger partial charge in [0.05, 0.1) is 6.61 Å². The third kappa shape index (κ3) is 3.16. The molecule has 1 aromatic heterocycles. The molecule has 0 aliphatic rings. The number of hydrogen-bond donors (Lipinski definition) is 2. The standard InChI is InChI=1S/C15H17NO3/c1-2-3-10-19-12-6-4-11(5-7-12)13-8-9-16-14(13)15(17)18/h4-9,16H,2-3,10H2,1H3,(H,17,18). The summed E-state index contributed by atoms with van der Waals surface area (Å²) in [6.07, 6.45) is 3.76. The molecule has 0 spiro atoms. The number of aromatic nitrogens is 1. The van der Waals surface area contributed by atoms with Gasteiger partial charge in [-0.25, -0.2) is 4.79 Å². The first-order valence-corrected chi connectivity index (χ1v) is 6.36. The molecule has 0 aliphatic carbocycles. The molecular weight excluding hydrogens is 242 g/mol. The molecule has 1 heterocycles. The number of aromatic amines is 1. The van der Waals surface area contributed by atoms with E-state index < -0.39 is 5.97 Å². The molecular formula is C15H17NO3. The topological polar surface area (TPSA) is 62.3 Å². The van der Waals surface area contributed by atoms with Gasteiger partial charge in [0.1, 0.15) is 11.4 Å². The molecule has 100 valence electrons. The Hall–Kier alpha value is -2.23. The molecule has 0 radical (unpaired) electrons. The molecule has 0 fully saturated rings. The third-order valence-electron chi connectivity index (χ3n) is 2.89. The predicted octanol–water partition coefficient (Wildman–Crippen LogP) is 3.56. The second-order valence-corrected chi connectivity index (χ2v) is 4.30. The zero-order valence-electron chi connectivity index (χ0n) is 10.8. The lowest BCUT2D eigenvalue weighted by atomic mass is 10.1. The van der Waals surface area contributed by atoms with Crippen molar-refractivity contribution < 1.29 is 14.6 Å². The van der Waals surface area contributed by atoms with E-state index in [1.54, 1.807) is 12.3 Å². The van der Waals surface area contributed by atoms with Crippen LogP contribution in [0.2, 0.25) is 0 Å². The summed E-state index contributed by atoms with van der Waals surface area (Å²) in [6.45, 7) is 2.83. The molecule has 0 saturated heterocycles. The Balaban J connectivity index is 2.13. The van der Waals surface area contributed by atoms with Gasteiger partial charge in [0.2, 0.25) is 0 Å². The average Bonchev–Trinajstić information content (AvgIpc) is 2.89. The van der Waals surface area contributed by atoms with Crippen LogP contribution in [0, 0.1) is 0 Å². The van der Waals surface area contributed by atoms with Crippen molar-refractivity contribution in [3.8, 4) is 16.9 Å². The van der Waals surface area contributed by atoms with Crippen molar-refractivity contribution in [2.75, 3.05) is 6.61 Å². The Morgan fingerprint density at radius 2 is 2.00 bits per heavy atom. The molecule has 19 heavy (non-hydrogen) atoms. The largest absolute Gasteiger partial charge is 0.494 e. The van der Waals surface area contributed by atoms with Crippen LogP contribution in [0.5, 0.6) is 5.75 Å². The molecule has 4 heteroatoms. The minimum absolute atomic E-state index is 0.208. The van der Waals surface area contributed by atoms with Crippen LogP contribution in [0.3, 0.4) is 0 Å². The molecule has 0 atom stereocenters. The van der Waals surface area contributed by atoms with Crippen LogP contribution in [0.4, 0.5) is 0 Å². The van der Waals surface area contributed by atoms with Crippen molar-refractivity contribution in [3.05, 3.63) is 42.2 Å². The molecule has 0 saturated carbocycles. The van der Waals surface area contributed by atoms with Crippen LogP contribution in [-0.2, 0) is 0 Å². The van der Waals surface area contributed by atoms with E-state index >= 15 is 0 Å². The van der Waals surface area contributed by atoms with Gasteiger partial charge in [-0.15, -0.1) is 0 Å².